The van der Waals surface area contributed by atoms with Crippen LogP contribution in [0.25, 0.3) is 11.4 Å². The highest BCUT2D eigenvalue weighted by Crippen LogP contribution is 2.36. The van der Waals surface area contributed by atoms with Crippen molar-refractivity contribution in [2.24, 2.45) is 5.92 Å². The summed E-state index contributed by atoms with van der Waals surface area (Å²) in [5.41, 5.74) is 3.19. The molecule has 0 atom stereocenters. The van der Waals surface area contributed by atoms with Gasteiger partial charge in [-0.25, -0.2) is 9.97 Å². The first-order valence-corrected chi connectivity index (χ1v) is 9.42. The van der Waals surface area contributed by atoms with Gasteiger partial charge in [0.2, 0.25) is 5.91 Å². The van der Waals surface area contributed by atoms with E-state index in [4.69, 9.17) is 11.6 Å². The molecule has 0 radical (unpaired) electrons. The molecule has 1 saturated carbocycles. The Balaban J connectivity index is 1.94. The Kier molecular flexibility index (Phi) is 5.61. The lowest BCUT2D eigenvalue weighted by Crippen LogP contribution is -2.40. The number of hydrogen-bond acceptors (Lipinski definition) is 5. The zero-order valence-electron chi connectivity index (χ0n) is 16.3. The van der Waals surface area contributed by atoms with Gasteiger partial charge < -0.3 is 4.90 Å². The molecule has 6 nitrogen and oxygen atoms in total. The minimum atomic E-state index is -0.814. The van der Waals surface area contributed by atoms with E-state index in [0.29, 0.717) is 10.8 Å². The van der Waals surface area contributed by atoms with Crippen molar-refractivity contribution in [3.05, 3.63) is 46.2 Å². The minimum Gasteiger partial charge on any atom is -0.349 e. The van der Waals surface area contributed by atoms with Crippen LogP contribution in [0, 0.1) is 19.8 Å². The highest BCUT2D eigenvalue weighted by atomic mass is 35.5. The standard InChI is InChI=1S/C21H22ClN3O3/c1-11-5-13(20-23-9-15(22)10-24-20)6-12(2)18(11)19-16(26)7-14(8-17(19)27)21(28)25(3)4/h5-6,9-10,14,19H,7-8H2,1-4H3. The quantitative estimate of drug-likeness (QED) is 0.741. The van der Waals surface area contributed by atoms with Crippen LogP contribution in [0.3, 0.4) is 0 Å². The molecule has 1 fully saturated rings. The average Bonchev–Trinajstić information content (AvgIpc) is 2.62. The van der Waals surface area contributed by atoms with Gasteiger partial charge in [0.1, 0.15) is 17.5 Å². The highest BCUT2D eigenvalue weighted by Gasteiger charge is 2.40. The number of benzene rings is 1. The van der Waals surface area contributed by atoms with Crippen LogP contribution in [0.2, 0.25) is 5.02 Å². The molecule has 0 N–H and O–H groups in total. The number of halogens is 1. The van der Waals surface area contributed by atoms with Crippen molar-refractivity contribution in [3.63, 3.8) is 0 Å². The lowest BCUT2D eigenvalue weighted by molar-refractivity contribution is -0.143. The van der Waals surface area contributed by atoms with Crippen molar-refractivity contribution in [2.75, 3.05) is 14.1 Å². The summed E-state index contributed by atoms with van der Waals surface area (Å²) >= 11 is 5.85. The number of aromatic nitrogens is 2. The van der Waals surface area contributed by atoms with Crippen LogP contribution in [0.15, 0.2) is 24.5 Å². The third kappa shape index (κ3) is 3.83. The minimum absolute atomic E-state index is 0.0916. The number of carbonyl (C=O) groups excluding carboxylic acids is 3. The number of Topliss-reactive ketones (excluding diaryl/α,β-unsaturated/α-hetero) is 2. The van der Waals surface area contributed by atoms with E-state index in [1.807, 2.05) is 26.0 Å². The second kappa shape index (κ2) is 7.80. The van der Waals surface area contributed by atoms with Crippen molar-refractivity contribution < 1.29 is 14.4 Å². The van der Waals surface area contributed by atoms with E-state index in [1.54, 1.807) is 14.1 Å². The van der Waals surface area contributed by atoms with E-state index in [9.17, 15) is 14.4 Å². The second-order valence-corrected chi connectivity index (χ2v) is 7.89. The molecule has 146 valence electrons. The molecule has 1 aliphatic rings. The lowest BCUT2D eigenvalue weighted by atomic mass is 9.74. The third-order valence-electron chi connectivity index (χ3n) is 5.09. The molecule has 0 unspecified atom stereocenters. The summed E-state index contributed by atoms with van der Waals surface area (Å²) < 4.78 is 0. The van der Waals surface area contributed by atoms with Gasteiger partial charge in [-0.15, -0.1) is 0 Å². The number of carbonyl (C=O) groups is 3. The van der Waals surface area contributed by atoms with Crippen LogP contribution in [0.5, 0.6) is 0 Å². The van der Waals surface area contributed by atoms with Crippen LogP contribution >= 0.6 is 11.6 Å². The number of amides is 1. The molecule has 7 heteroatoms. The van der Waals surface area contributed by atoms with Crippen LogP contribution in [0.4, 0.5) is 0 Å². The Hall–Kier alpha value is -2.60. The molecule has 0 bridgehead atoms. The number of hydrogen-bond donors (Lipinski definition) is 0. The maximum atomic E-state index is 12.8. The molecular weight excluding hydrogens is 378 g/mol. The van der Waals surface area contributed by atoms with E-state index in [0.717, 1.165) is 22.3 Å². The first-order chi connectivity index (χ1) is 13.2. The summed E-state index contributed by atoms with van der Waals surface area (Å²) in [6, 6.07) is 3.76. The number of ketones is 2. The van der Waals surface area contributed by atoms with Crippen LogP contribution in [-0.4, -0.2) is 46.4 Å². The van der Waals surface area contributed by atoms with Crippen molar-refractivity contribution in [3.8, 4) is 11.4 Å². The summed E-state index contributed by atoms with van der Waals surface area (Å²) in [7, 11) is 3.27. The van der Waals surface area contributed by atoms with Gasteiger partial charge in [0.15, 0.2) is 5.82 Å². The molecule has 2 aromatic rings. The Morgan fingerprint density at radius 3 is 2.00 bits per heavy atom. The number of nitrogens with zero attached hydrogens (tertiary/aromatic N) is 3. The smallest absolute Gasteiger partial charge is 0.226 e. The van der Waals surface area contributed by atoms with Gasteiger partial charge in [-0.3, -0.25) is 14.4 Å². The summed E-state index contributed by atoms with van der Waals surface area (Å²) in [6.07, 6.45) is 3.24. The average molecular weight is 400 g/mol. The van der Waals surface area contributed by atoms with Gasteiger partial charge in [0, 0.05) is 44.9 Å². The maximum absolute atomic E-state index is 12.8. The van der Waals surface area contributed by atoms with Gasteiger partial charge in [0.05, 0.1) is 10.9 Å². The van der Waals surface area contributed by atoms with Crippen molar-refractivity contribution in [2.45, 2.75) is 32.6 Å². The monoisotopic (exact) mass is 399 g/mol. The fraction of sp³-hybridized carbons (Fsp3) is 0.381. The van der Waals surface area contributed by atoms with Crippen molar-refractivity contribution in [1.29, 1.82) is 0 Å². The molecule has 3 rings (SSSR count). The van der Waals surface area contributed by atoms with Gasteiger partial charge in [-0.1, -0.05) is 11.6 Å². The second-order valence-electron chi connectivity index (χ2n) is 7.45. The Labute approximate surface area is 168 Å². The zero-order chi connectivity index (χ0) is 20.6. The maximum Gasteiger partial charge on any atom is 0.226 e. The van der Waals surface area contributed by atoms with Gasteiger partial charge in [0.25, 0.3) is 0 Å². The molecule has 1 aromatic heterocycles. The SMILES string of the molecule is Cc1cc(-c2ncc(Cl)cn2)cc(C)c1C1C(=O)CC(C(=O)N(C)C)CC1=O. The highest BCUT2D eigenvalue weighted by molar-refractivity contribution is 6.30. The third-order valence-corrected chi connectivity index (χ3v) is 5.29. The predicted octanol–water partition coefficient (Wildman–Crippen LogP) is 3.13. The van der Waals surface area contributed by atoms with E-state index >= 15 is 0 Å². The molecule has 0 spiro atoms. The molecule has 28 heavy (non-hydrogen) atoms. The molecular formula is C21H22ClN3O3. The number of aryl methyl sites for hydroxylation is 2. The van der Waals surface area contributed by atoms with Gasteiger partial charge in [-0.2, -0.15) is 0 Å². The van der Waals surface area contributed by atoms with Gasteiger partial charge in [-0.05, 0) is 42.7 Å². The first kappa shape index (κ1) is 20.1. The predicted molar refractivity (Wildman–Crippen MR) is 106 cm³/mol. The first-order valence-electron chi connectivity index (χ1n) is 9.04. The number of rotatable bonds is 3. The van der Waals surface area contributed by atoms with Crippen LogP contribution < -0.4 is 0 Å². The topological polar surface area (TPSA) is 80.2 Å². The molecule has 0 aliphatic heterocycles. The Morgan fingerprint density at radius 2 is 1.54 bits per heavy atom. The van der Waals surface area contributed by atoms with E-state index < -0.39 is 11.8 Å². The fourth-order valence-corrected chi connectivity index (χ4v) is 3.95. The molecule has 1 amide bonds. The van der Waals surface area contributed by atoms with Crippen LogP contribution in [0.1, 0.15) is 35.4 Å². The normalized spacial score (nSPS) is 19.6. The largest absolute Gasteiger partial charge is 0.349 e. The van der Waals surface area contributed by atoms with Gasteiger partial charge >= 0.3 is 0 Å². The fourth-order valence-electron chi connectivity index (χ4n) is 3.86. The summed E-state index contributed by atoms with van der Waals surface area (Å²) in [4.78, 5) is 47.7. The van der Waals surface area contributed by atoms with E-state index in [2.05, 4.69) is 9.97 Å². The molecule has 1 aliphatic carbocycles. The van der Waals surface area contributed by atoms with E-state index in [-0.39, 0.29) is 30.3 Å². The zero-order valence-corrected chi connectivity index (χ0v) is 17.1. The molecule has 1 aromatic carbocycles. The van der Waals surface area contributed by atoms with E-state index in [1.165, 1.54) is 17.3 Å². The Morgan fingerprint density at radius 1 is 1.04 bits per heavy atom. The van der Waals surface area contributed by atoms with Crippen molar-refractivity contribution in [1.82, 2.24) is 14.9 Å². The lowest BCUT2D eigenvalue weighted by Gasteiger charge is -2.29. The Bertz CT molecular complexity index is 913. The summed E-state index contributed by atoms with van der Waals surface area (Å²) in [5.74, 6) is -1.42. The molecule has 0 saturated heterocycles. The summed E-state index contributed by atoms with van der Waals surface area (Å²) in [6.45, 7) is 3.75. The summed E-state index contributed by atoms with van der Waals surface area (Å²) in [5, 5.41) is 0.453. The molecule has 1 heterocycles. The van der Waals surface area contributed by atoms with Crippen LogP contribution in [-0.2, 0) is 14.4 Å². The van der Waals surface area contributed by atoms with Crippen molar-refractivity contribution >= 4 is 29.1 Å².